The Balaban J connectivity index is 2.92. The molecule has 0 fully saturated rings. The monoisotopic (exact) mass is 209 g/mol. The van der Waals surface area contributed by atoms with E-state index in [-0.39, 0.29) is 5.56 Å². The Kier molecular flexibility index (Phi) is 2.11. The summed E-state index contributed by atoms with van der Waals surface area (Å²) in [6.45, 7) is 5.70. The average Bonchev–Trinajstić information content (AvgIpc) is 2.47. The molecule has 2 aromatic rings. The maximum Gasteiger partial charge on any atom is 0.278 e. The smallest absolute Gasteiger partial charge is 0.267 e. The van der Waals surface area contributed by atoms with Crippen molar-refractivity contribution in [1.29, 1.82) is 0 Å². The fourth-order valence-corrected chi connectivity index (χ4v) is 2.26. The molecule has 2 heterocycles. The normalized spacial score (nSPS) is 11.1. The quantitative estimate of drug-likeness (QED) is 0.712. The zero-order valence-electron chi connectivity index (χ0n) is 8.37. The molecule has 0 spiro atoms. The molecule has 14 heavy (non-hydrogen) atoms. The lowest BCUT2D eigenvalue weighted by Gasteiger charge is -1.99. The van der Waals surface area contributed by atoms with Gasteiger partial charge in [0.1, 0.15) is 5.01 Å². The highest BCUT2D eigenvalue weighted by Crippen LogP contribution is 2.11. The molecule has 2 aromatic heterocycles. The van der Waals surface area contributed by atoms with Gasteiger partial charge in [0.25, 0.3) is 5.56 Å². The van der Waals surface area contributed by atoms with Gasteiger partial charge in [0.05, 0.1) is 0 Å². The predicted molar refractivity (Wildman–Crippen MR) is 56.0 cm³/mol. The second-order valence-corrected chi connectivity index (χ2v) is 4.31. The van der Waals surface area contributed by atoms with Gasteiger partial charge in [0, 0.05) is 11.3 Å². The second-order valence-electron chi connectivity index (χ2n) is 3.15. The van der Waals surface area contributed by atoms with Gasteiger partial charge in [0.2, 0.25) is 4.96 Å². The Morgan fingerprint density at radius 2 is 2.14 bits per heavy atom. The summed E-state index contributed by atoms with van der Waals surface area (Å²) < 4.78 is 1.39. The molecule has 0 aliphatic rings. The molecule has 5 heteroatoms. The van der Waals surface area contributed by atoms with Crippen molar-refractivity contribution < 1.29 is 0 Å². The van der Waals surface area contributed by atoms with Crippen molar-refractivity contribution in [3.63, 3.8) is 0 Å². The van der Waals surface area contributed by atoms with Crippen molar-refractivity contribution in [3.8, 4) is 0 Å². The van der Waals surface area contributed by atoms with E-state index < -0.39 is 0 Å². The zero-order valence-corrected chi connectivity index (χ0v) is 9.18. The van der Waals surface area contributed by atoms with Crippen LogP contribution in [0.4, 0.5) is 0 Å². The van der Waals surface area contributed by atoms with Crippen LogP contribution in [0, 0.1) is 13.8 Å². The first kappa shape index (κ1) is 9.33. The molecule has 0 atom stereocenters. The molecular weight excluding hydrogens is 198 g/mol. The van der Waals surface area contributed by atoms with Gasteiger partial charge in [-0.1, -0.05) is 18.3 Å². The minimum absolute atomic E-state index is 0.0284. The highest BCUT2D eigenvalue weighted by Gasteiger charge is 2.10. The summed E-state index contributed by atoms with van der Waals surface area (Å²) in [5, 5.41) is 4.99. The predicted octanol–water partition coefficient (Wildman–Crippen LogP) is 1.33. The molecule has 0 N–H and O–H groups in total. The number of hydrogen-bond acceptors (Lipinski definition) is 4. The molecule has 0 radical (unpaired) electrons. The first-order chi connectivity index (χ1) is 6.63. The van der Waals surface area contributed by atoms with Crippen molar-refractivity contribution in [2.75, 3.05) is 0 Å². The Hall–Kier alpha value is -1.23. The lowest BCUT2D eigenvalue weighted by Crippen LogP contribution is -2.21. The molecule has 74 valence electrons. The third-order valence-electron chi connectivity index (χ3n) is 2.17. The van der Waals surface area contributed by atoms with E-state index in [9.17, 15) is 4.79 Å². The van der Waals surface area contributed by atoms with E-state index in [1.807, 2.05) is 20.8 Å². The molecule has 0 bridgehead atoms. The summed E-state index contributed by atoms with van der Waals surface area (Å²) in [5.74, 6) is 0. The summed E-state index contributed by atoms with van der Waals surface area (Å²) >= 11 is 1.44. The Bertz CT molecular complexity index is 541. The van der Waals surface area contributed by atoms with E-state index >= 15 is 0 Å². The number of rotatable bonds is 1. The van der Waals surface area contributed by atoms with E-state index in [2.05, 4.69) is 10.1 Å². The summed E-state index contributed by atoms with van der Waals surface area (Å²) in [5.41, 5.74) is 1.55. The van der Waals surface area contributed by atoms with E-state index in [0.29, 0.717) is 11.4 Å². The van der Waals surface area contributed by atoms with E-state index in [0.717, 1.165) is 16.3 Å². The molecule has 0 aromatic carbocycles. The van der Waals surface area contributed by atoms with Crippen LogP contribution >= 0.6 is 11.3 Å². The van der Waals surface area contributed by atoms with Crippen LogP contribution in [-0.4, -0.2) is 14.6 Å². The second kappa shape index (κ2) is 3.16. The molecule has 0 aliphatic heterocycles. The first-order valence-electron chi connectivity index (χ1n) is 4.49. The lowest BCUT2D eigenvalue weighted by atomic mass is 10.2. The van der Waals surface area contributed by atoms with Crippen LogP contribution in [-0.2, 0) is 6.42 Å². The van der Waals surface area contributed by atoms with Crippen molar-refractivity contribution in [3.05, 3.63) is 26.6 Å². The highest BCUT2D eigenvalue weighted by atomic mass is 32.1. The Morgan fingerprint density at radius 1 is 1.43 bits per heavy atom. The number of aromatic nitrogens is 3. The summed E-state index contributed by atoms with van der Waals surface area (Å²) in [7, 11) is 0. The van der Waals surface area contributed by atoms with Gasteiger partial charge >= 0.3 is 0 Å². The fourth-order valence-electron chi connectivity index (χ4n) is 1.48. The van der Waals surface area contributed by atoms with Crippen LogP contribution in [0.2, 0.25) is 0 Å². The van der Waals surface area contributed by atoms with Crippen molar-refractivity contribution in [1.82, 2.24) is 14.6 Å². The molecular formula is C9H11N3OS. The number of aryl methyl sites for hydroxylation is 2. The molecule has 0 unspecified atom stereocenters. The van der Waals surface area contributed by atoms with Crippen LogP contribution in [0.3, 0.4) is 0 Å². The van der Waals surface area contributed by atoms with Gasteiger partial charge < -0.3 is 0 Å². The summed E-state index contributed by atoms with van der Waals surface area (Å²) in [6, 6.07) is 0. The standard InChI is InChI=1S/C9H11N3OS/c1-4-7-5(2)10-9-12(8(7)13)11-6(3)14-9/h4H2,1-3H3. The SMILES string of the molecule is CCc1c(C)nc2sc(C)nn2c1=O. The van der Waals surface area contributed by atoms with Gasteiger partial charge in [-0.05, 0) is 20.3 Å². The maximum absolute atomic E-state index is 11.9. The average molecular weight is 209 g/mol. The minimum atomic E-state index is -0.0284. The van der Waals surface area contributed by atoms with Gasteiger partial charge in [-0.25, -0.2) is 4.98 Å². The molecule has 4 nitrogen and oxygen atoms in total. The topological polar surface area (TPSA) is 47.3 Å². The van der Waals surface area contributed by atoms with Crippen molar-refractivity contribution in [2.45, 2.75) is 27.2 Å². The van der Waals surface area contributed by atoms with E-state index in [1.54, 1.807) is 0 Å². The number of nitrogens with zero attached hydrogens (tertiary/aromatic N) is 3. The summed E-state index contributed by atoms with van der Waals surface area (Å²) in [4.78, 5) is 16.9. The largest absolute Gasteiger partial charge is 0.278 e. The molecule has 0 amide bonds. The van der Waals surface area contributed by atoms with Gasteiger partial charge in [-0.2, -0.15) is 9.61 Å². The van der Waals surface area contributed by atoms with Crippen LogP contribution in [0.1, 0.15) is 23.2 Å². The molecule has 2 rings (SSSR count). The molecule has 0 saturated carbocycles. The number of hydrogen-bond donors (Lipinski definition) is 0. The summed E-state index contributed by atoms with van der Waals surface area (Å²) in [6.07, 6.45) is 0.706. The third-order valence-corrected chi connectivity index (χ3v) is 2.99. The van der Waals surface area contributed by atoms with Crippen LogP contribution in [0.5, 0.6) is 0 Å². The highest BCUT2D eigenvalue weighted by molar-refractivity contribution is 7.16. The van der Waals surface area contributed by atoms with Crippen LogP contribution in [0.15, 0.2) is 4.79 Å². The minimum Gasteiger partial charge on any atom is -0.267 e. The number of fused-ring (bicyclic) bond motifs is 1. The lowest BCUT2D eigenvalue weighted by molar-refractivity contribution is 0.841. The zero-order chi connectivity index (χ0) is 10.3. The Morgan fingerprint density at radius 3 is 2.79 bits per heavy atom. The fraction of sp³-hybridized carbons (Fsp3) is 0.444. The van der Waals surface area contributed by atoms with Crippen LogP contribution in [0.25, 0.3) is 4.96 Å². The van der Waals surface area contributed by atoms with E-state index in [4.69, 9.17) is 0 Å². The van der Waals surface area contributed by atoms with Crippen LogP contribution < -0.4 is 5.56 Å². The Labute approximate surface area is 85.2 Å². The van der Waals surface area contributed by atoms with Crippen molar-refractivity contribution >= 4 is 16.3 Å². The molecule has 0 aliphatic carbocycles. The van der Waals surface area contributed by atoms with Gasteiger partial charge in [-0.15, -0.1) is 0 Å². The van der Waals surface area contributed by atoms with Gasteiger partial charge in [0.15, 0.2) is 0 Å². The first-order valence-corrected chi connectivity index (χ1v) is 5.31. The molecule has 0 saturated heterocycles. The van der Waals surface area contributed by atoms with E-state index in [1.165, 1.54) is 15.9 Å². The van der Waals surface area contributed by atoms with Gasteiger partial charge in [-0.3, -0.25) is 4.79 Å². The third kappa shape index (κ3) is 1.24. The van der Waals surface area contributed by atoms with Crippen molar-refractivity contribution in [2.24, 2.45) is 0 Å². The maximum atomic E-state index is 11.9.